The highest BCUT2D eigenvalue weighted by molar-refractivity contribution is 5.72. The summed E-state index contributed by atoms with van der Waals surface area (Å²) >= 11 is 0. The zero-order chi connectivity index (χ0) is 11.6. The van der Waals surface area contributed by atoms with E-state index in [0.717, 1.165) is 12.8 Å². The van der Waals surface area contributed by atoms with Gasteiger partial charge >= 0.3 is 5.97 Å². The molecule has 0 aromatic carbocycles. The summed E-state index contributed by atoms with van der Waals surface area (Å²) < 4.78 is 0. The quantitative estimate of drug-likeness (QED) is 0.536. The molecule has 0 aliphatic carbocycles. The van der Waals surface area contributed by atoms with Crippen LogP contribution in [-0.2, 0) is 4.79 Å². The Balaban J connectivity index is 0. The Hall–Kier alpha value is -0.650. The Morgan fingerprint density at radius 2 is 1.79 bits per heavy atom. The maximum absolute atomic E-state index is 10.1. The van der Waals surface area contributed by atoms with Crippen LogP contribution in [0.2, 0.25) is 0 Å². The normalized spacial score (nSPS) is 11.9. The smallest absolute Gasteiger partial charge is 0.320 e. The molecular formula is C9H23N3O2. The van der Waals surface area contributed by atoms with Crippen LogP contribution in [0.3, 0.4) is 0 Å². The molecular weight excluding hydrogens is 182 g/mol. The first-order valence-electron chi connectivity index (χ1n) is 4.71. The van der Waals surface area contributed by atoms with Crippen molar-refractivity contribution >= 4 is 5.97 Å². The van der Waals surface area contributed by atoms with Crippen LogP contribution < -0.4 is 11.5 Å². The minimum atomic E-state index is -0.933. The third-order valence-electron chi connectivity index (χ3n) is 1.29. The van der Waals surface area contributed by atoms with Crippen molar-refractivity contribution in [2.45, 2.75) is 25.3 Å². The van der Waals surface area contributed by atoms with E-state index in [1.54, 1.807) is 0 Å². The van der Waals surface area contributed by atoms with Gasteiger partial charge < -0.3 is 21.5 Å². The summed E-state index contributed by atoms with van der Waals surface area (Å²) in [5, 5.41) is 8.33. The molecule has 0 aliphatic heterocycles. The van der Waals surface area contributed by atoms with Crippen LogP contribution in [0.1, 0.15) is 19.3 Å². The molecule has 0 saturated carbocycles. The van der Waals surface area contributed by atoms with Gasteiger partial charge in [0.25, 0.3) is 0 Å². The molecule has 0 amide bonds. The largest absolute Gasteiger partial charge is 0.480 e. The summed E-state index contributed by atoms with van der Waals surface area (Å²) in [4.78, 5) is 12.1. The van der Waals surface area contributed by atoms with E-state index in [2.05, 4.69) is 0 Å². The Morgan fingerprint density at radius 3 is 2.07 bits per heavy atom. The molecule has 0 spiro atoms. The lowest BCUT2D eigenvalue weighted by atomic mass is 10.1. The highest BCUT2D eigenvalue weighted by atomic mass is 16.4. The first-order valence-corrected chi connectivity index (χ1v) is 4.71. The number of carboxylic acid groups (broad SMARTS) is 1. The van der Waals surface area contributed by atoms with Crippen LogP contribution in [0.4, 0.5) is 0 Å². The molecule has 5 nitrogen and oxygen atoms in total. The number of rotatable bonds is 5. The fraction of sp³-hybridized carbons (Fsp3) is 0.889. The second-order valence-corrected chi connectivity index (χ2v) is 3.57. The van der Waals surface area contributed by atoms with Crippen molar-refractivity contribution in [2.24, 2.45) is 11.5 Å². The lowest BCUT2D eigenvalue weighted by Crippen LogP contribution is -2.29. The van der Waals surface area contributed by atoms with E-state index in [4.69, 9.17) is 16.6 Å². The monoisotopic (exact) mass is 205 g/mol. The average molecular weight is 205 g/mol. The van der Waals surface area contributed by atoms with Gasteiger partial charge in [-0.25, -0.2) is 0 Å². The first-order chi connectivity index (χ1) is 6.41. The minimum Gasteiger partial charge on any atom is -0.480 e. The van der Waals surface area contributed by atoms with Gasteiger partial charge in [-0.05, 0) is 40.5 Å². The van der Waals surface area contributed by atoms with Crippen molar-refractivity contribution in [3.63, 3.8) is 0 Å². The van der Waals surface area contributed by atoms with Gasteiger partial charge in [0, 0.05) is 0 Å². The number of nitrogens with two attached hydrogens (primary N) is 2. The van der Waals surface area contributed by atoms with Gasteiger partial charge in [0.1, 0.15) is 6.04 Å². The van der Waals surface area contributed by atoms with Crippen LogP contribution in [0.25, 0.3) is 0 Å². The van der Waals surface area contributed by atoms with Gasteiger partial charge in [-0.1, -0.05) is 6.42 Å². The van der Waals surface area contributed by atoms with Crippen LogP contribution in [0.15, 0.2) is 0 Å². The molecule has 0 aromatic rings. The summed E-state index contributed by atoms with van der Waals surface area (Å²) in [7, 11) is 6.00. The molecule has 0 radical (unpaired) electrons. The molecule has 0 saturated heterocycles. The number of hydrogen-bond donors (Lipinski definition) is 3. The van der Waals surface area contributed by atoms with Crippen molar-refractivity contribution in [3.8, 4) is 0 Å². The second kappa shape index (κ2) is 10.4. The van der Waals surface area contributed by atoms with Crippen LogP contribution >= 0.6 is 0 Å². The minimum absolute atomic E-state index is 0.520. The molecule has 5 N–H and O–H groups in total. The highest BCUT2D eigenvalue weighted by Gasteiger charge is 2.09. The van der Waals surface area contributed by atoms with Crippen LogP contribution in [-0.4, -0.2) is 49.7 Å². The molecule has 86 valence electrons. The standard InChI is InChI=1S/C6H14N2O2.C3H9N/c7-4-2-1-3-5(8)6(9)10;1-4(2)3/h5H,1-4,7-8H2,(H,9,10);1-3H3/t5-;/m0./s1. The number of carbonyl (C=O) groups is 1. The number of hydrogen-bond acceptors (Lipinski definition) is 4. The summed E-state index contributed by atoms with van der Waals surface area (Å²) in [6.45, 7) is 0.604. The molecule has 0 fully saturated rings. The SMILES string of the molecule is CN(C)C.NCCCC[C@H](N)C(=O)O. The van der Waals surface area contributed by atoms with Gasteiger partial charge in [-0.15, -0.1) is 0 Å². The predicted octanol–water partition coefficient (Wildman–Crippen LogP) is -0.295. The maximum atomic E-state index is 10.1. The zero-order valence-electron chi connectivity index (χ0n) is 9.36. The maximum Gasteiger partial charge on any atom is 0.320 e. The lowest BCUT2D eigenvalue weighted by Gasteiger charge is -2.03. The topological polar surface area (TPSA) is 92.6 Å². The van der Waals surface area contributed by atoms with Gasteiger partial charge in [0.2, 0.25) is 0 Å². The number of carboxylic acids is 1. The molecule has 0 heterocycles. The Bertz CT molecular complexity index is 137. The number of aliphatic carboxylic acids is 1. The molecule has 0 rings (SSSR count). The van der Waals surface area contributed by atoms with Gasteiger partial charge in [-0.3, -0.25) is 4.79 Å². The van der Waals surface area contributed by atoms with Gasteiger partial charge in [0.15, 0.2) is 0 Å². The molecule has 14 heavy (non-hydrogen) atoms. The van der Waals surface area contributed by atoms with Crippen LogP contribution in [0, 0.1) is 0 Å². The van der Waals surface area contributed by atoms with E-state index < -0.39 is 12.0 Å². The Morgan fingerprint density at radius 1 is 1.36 bits per heavy atom. The summed E-state index contributed by atoms with van der Waals surface area (Å²) in [5.74, 6) is -0.933. The third kappa shape index (κ3) is 17.4. The fourth-order valence-electron chi connectivity index (χ4n) is 0.632. The van der Waals surface area contributed by atoms with E-state index in [1.807, 2.05) is 26.0 Å². The lowest BCUT2D eigenvalue weighted by molar-refractivity contribution is -0.138. The van der Waals surface area contributed by atoms with Gasteiger partial charge in [-0.2, -0.15) is 0 Å². The van der Waals surface area contributed by atoms with Crippen molar-refractivity contribution in [1.82, 2.24) is 4.90 Å². The molecule has 0 bridgehead atoms. The van der Waals surface area contributed by atoms with E-state index in [1.165, 1.54) is 0 Å². The van der Waals surface area contributed by atoms with Gasteiger partial charge in [0.05, 0.1) is 0 Å². The molecule has 0 unspecified atom stereocenters. The van der Waals surface area contributed by atoms with E-state index >= 15 is 0 Å². The third-order valence-corrected chi connectivity index (χ3v) is 1.29. The Labute approximate surface area is 86.1 Å². The zero-order valence-corrected chi connectivity index (χ0v) is 9.36. The molecule has 1 atom stereocenters. The van der Waals surface area contributed by atoms with E-state index in [-0.39, 0.29) is 0 Å². The predicted molar refractivity (Wildman–Crippen MR) is 58.1 cm³/mol. The van der Waals surface area contributed by atoms with Crippen molar-refractivity contribution < 1.29 is 9.90 Å². The van der Waals surface area contributed by atoms with E-state index in [0.29, 0.717) is 13.0 Å². The van der Waals surface area contributed by atoms with Crippen molar-refractivity contribution in [1.29, 1.82) is 0 Å². The molecule has 0 aliphatic rings. The molecule has 0 aromatic heterocycles. The van der Waals surface area contributed by atoms with Crippen molar-refractivity contribution in [2.75, 3.05) is 27.7 Å². The fourth-order valence-corrected chi connectivity index (χ4v) is 0.632. The summed E-state index contributed by atoms with van der Waals surface area (Å²) in [6, 6.07) is -0.716. The molecule has 5 heteroatoms. The number of nitrogens with zero attached hydrogens (tertiary/aromatic N) is 1. The van der Waals surface area contributed by atoms with Crippen molar-refractivity contribution in [3.05, 3.63) is 0 Å². The van der Waals surface area contributed by atoms with Crippen LogP contribution in [0.5, 0.6) is 0 Å². The summed E-state index contributed by atoms with van der Waals surface area (Å²) in [6.07, 6.45) is 2.16. The first kappa shape index (κ1) is 15.8. The average Bonchev–Trinajstić information content (AvgIpc) is 2.03. The second-order valence-electron chi connectivity index (χ2n) is 3.57. The number of unbranched alkanes of at least 4 members (excludes halogenated alkanes) is 1. The Kier molecular flexibility index (Phi) is 11.8. The highest BCUT2D eigenvalue weighted by Crippen LogP contribution is 1.96. The summed E-state index contributed by atoms with van der Waals surface area (Å²) in [5.41, 5.74) is 10.4. The van der Waals surface area contributed by atoms with E-state index in [9.17, 15) is 4.79 Å².